The first kappa shape index (κ1) is 24.9. The van der Waals surface area contributed by atoms with E-state index in [4.69, 9.17) is 8.85 Å². The molecule has 0 rings (SSSR count). The fraction of sp³-hybridized carbons (Fsp3) is 0.909. The maximum atomic E-state index is 6.17. The largest absolute Gasteiger partial charge is 0.391 e. The molecule has 2 unspecified atom stereocenters. The van der Waals surface area contributed by atoms with Crippen molar-refractivity contribution in [1.82, 2.24) is 0 Å². The predicted molar refractivity (Wildman–Crippen MR) is 114 cm³/mol. The lowest BCUT2D eigenvalue weighted by Crippen LogP contribution is -2.38. The second-order valence-corrected chi connectivity index (χ2v) is 12.1. The first-order valence-electron chi connectivity index (χ1n) is 10.6. The molecule has 0 aromatic rings. The van der Waals surface area contributed by atoms with Gasteiger partial charge in [-0.15, -0.1) is 6.58 Å². The minimum atomic E-state index is -2.19. The topological polar surface area (TPSA) is 18.5 Å². The van der Waals surface area contributed by atoms with Gasteiger partial charge in [-0.2, -0.15) is 0 Å². The van der Waals surface area contributed by atoms with Crippen LogP contribution in [-0.2, 0) is 8.85 Å². The van der Waals surface area contributed by atoms with Gasteiger partial charge >= 0.3 is 8.56 Å². The lowest BCUT2D eigenvalue weighted by molar-refractivity contribution is 0.143. The summed E-state index contributed by atoms with van der Waals surface area (Å²) in [5.41, 5.74) is 2.29. The minimum Gasteiger partial charge on any atom is -0.391 e. The van der Waals surface area contributed by atoms with Crippen LogP contribution in [0.2, 0.25) is 6.55 Å². The lowest BCUT2D eigenvalue weighted by Gasteiger charge is -2.28. The van der Waals surface area contributed by atoms with Gasteiger partial charge in [-0.05, 0) is 36.4 Å². The molecule has 0 saturated heterocycles. The van der Waals surface area contributed by atoms with E-state index in [0.29, 0.717) is 11.3 Å². The van der Waals surface area contributed by atoms with Crippen LogP contribution in [0.4, 0.5) is 0 Å². The summed E-state index contributed by atoms with van der Waals surface area (Å²) in [5.74, 6) is 0.558. The fourth-order valence-corrected chi connectivity index (χ4v) is 4.74. The van der Waals surface area contributed by atoms with Crippen molar-refractivity contribution >= 4 is 8.56 Å². The van der Waals surface area contributed by atoms with Crippen molar-refractivity contribution in [3.63, 3.8) is 0 Å². The molecule has 0 N–H and O–H groups in total. The van der Waals surface area contributed by atoms with Crippen molar-refractivity contribution in [3.05, 3.63) is 12.3 Å². The minimum absolute atomic E-state index is 0.353. The summed E-state index contributed by atoms with van der Waals surface area (Å²) < 4.78 is 12.3. The highest BCUT2D eigenvalue weighted by atomic mass is 28.4. The van der Waals surface area contributed by atoms with Crippen molar-refractivity contribution in [2.45, 2.75) is 105 Å². The molecule has 2 atom stereocenters. The van der Waals surface area contributed by atoms with E-state index in [9.17, 15) is 0 Å². The molecule has 0 spiro atoms. The van der Waals surface area contributed by atoms with Crippen molar-refractivity contribution in [2.75, 3.05) is 13.2 Å². The molecule has 2 nitrogen and oxygen atoms in total. The Kier molecular flexibility index (Phi) is 13.9. The normalized spacial score (nSPS) is 15.8. The van der Waals surface area contributed by atoms with E-state index in [1.54, 1.807) is 0 Å². The van der Waals surface area contributed by atoms with Crippen LogP contribution in [0.15, 0.2) is 12.3 Å². The Balaban J connectivity index is 3.76. The summed E-state index contributed by atoms with van der Waals surface area (Å²) >= 11 is 0. The quantitative estimate of drug-likeness (QED) is 0.208. The van der Waals surface area contributed by atoms with E-state index in [2.05, 4.69) is 47.7 Å². The fourth-order valence-electron chi connectivity index (χ4n) is 3.26. The van der Waals surface area contributed by atoms with Gasteiger partial charge in [-0.3, -0.25) is 0 Å². The third-order valence-corrected chi connectivity index (χ3v) is 6.88. The zero-order chi connectivity index (χ0) is 19.2. The predicted octanol–water partition coefficient (Wildman–Crippen LogP) is 7.42. The molecule has 0 aliphatic rings. The maximum Gasteiger partial charge on any atom is 0.361 e. The molecule has 0 aliphatic carbocycles. The third-order valence-electron chi connectivity index (χ3n) is 4.62. The average Bonchev–Trinajstić information content (AvgIpc) is 2.53. The van der Waals surface area contributed by atoms with E-state index in [1.165, 1.54) is 57.8 Å². The molecule has 3 heteroatoms. The summed E-state index contributed by atoms with van der Waals surface area (Å²) in [6.45, 7) is 19.1. The Morgan fingerprint density at radius 3 is 1.92 bits per heavy atom. The van der Waals surface area contributed by atoms with Gasteiger partial charge in [0.2, 0.25) is 0 Å². The van der Waals surface area contributed by atoms with Gasteiger partial charge in [0.25, 0.3) is 0 Å². The average molecular weight is 371 g/mol. The number of unbranched alkanes of at least 4 members (excludes halogenated alkanes) is 8. The second kappa shape index (κ2) is 14.0. The zero-order valence-electron chi connectivity index (χ0n) is 18.2. The molecule has 0 amide bonds. The molecule has 0 saturated carbocycles. The SMILES string of the molecule is C=C[Si](C)(OCCCCCCCCCCC)OCC(C)CC(C)(C)C. The van der Waals surface area contributed by atoms with Crippen LogP contribution in [0.5, 0.6) is 0 Å². The summed E-state index contributed by atoms with van der Waals surface area (Å²) in [6.07, 6.45) is 13.3. The molecule has 0 aromatic carbocycles. The molecule has 0 aromatic heterocycles. The summed E-state index contributed by atoms with van der Waals surface area (Å²) in [4.78, 5) is 0. The van der Waals surface area contributed by atoms with Crippen molar-refractivity contribution in [3.8, 4) is 0 Å². The van der Waals surface area contributed by atoms with Gasteiger partial charge in [0.15, 0.2) is 0 Å². The van der Waals surface area contributed by atoms with Gasteiger partial charge < -0.3 is 8.85 Å². The van der Waals surface area contributed by atoms with Crippen LogP contribution in [-0.4, -0.2) is 21.8 Å². The summed E-state index contributed by atoms with van der Waals surface area (Å²) in [7, 11) is -2.19. The highest BCUT2D eigenvalue weighted by molar-refractivity contribution is 6.71. The van der Waals surface area contributed by atoms with E-state index in [-0.39, 0.29) is 0 Å². The first-order chi connectivity index (χ1) is 11.7. The highest BCUT2D eigenvalue weighted by Gasteiger charge is 2.28. The maximum absolute atomic E-state index is 6.17. The Labute approximate surface area is 160 Å². The molecule has 0 heterocycles. The molecule has 0 bridgehead atoms. The standard InChI is InChI=1S/C22H46O2Si/c1-8-10-11-12-13-14-15-16-17-18-23-25(7,9-2)24-20-21(3)19-22(4,5)6/h9,21H,2,8,10-20H2,1,3-7H3. The molecule has 0 aliphatic heterocycles. The Morgan fingerprint density at radius 2 is 1.44 bits per heavy atom. The van der Waals surface area contributed by atoms with Gasteiger partial charge in [0.05, 0.1) is 0 Å². The third kappa shape index (κ3) is 15.8. The van der Waals surface area contributed by atoms with E-state index < -0.39 is 8.56 Å². The van der Waals surface area contributed by atoms with Crippen LogP contribution >= 0.6 is 0 Å². The molecule has 150 valence electrons. The van der Waals surface area contributed by atoms with Gasteiger partial charge in [0.1, 0.15) is 0 Å². The molecule has 0 radical (unpaired) electrons. The van der Waals surface area contributed by atoms with Crippen molar-refractivity contribution in [1.29, 1.82) is 0 Å². The monoisotopic (exact) mass is 370 g/mol. The Morgan fingerprint density at radius 1 is 0.920 bits per heavy atom. The van der Waals surface area contributed by atoms with E-state index in [0.717, 1.165) is 19.6 Å². The number of hydrogen-bond acceptors (Lipinski definition) is 2. The van der Waals surface area contributed by atoms with Crippen molar-refractivity contribution < 1.29 is 8.85 Å². The molecular formula is C22H46O2Si. The molecular weight excluding hydrogens is 324 g/mol. The van der Waals surface area contributed by atoms with Crippen LogP contribution in [0.3, 0.4) is 0 Å². The smallest absolute Gasteiger partial charge is 0.361 e. The lowest BCUT2D eigenvalue weighted by atomic mass is 9.86. The molecule has 0 fully saturated rings. The number of hydrogen-bond donors (Lipinski definition) is 0. The van der Waals surface area contributed by atoms with E-state index >= 15 is 0 Å². The van der Waals surface area contributed by atoms with Crippen LogP contribution < -0.4 is 0 Å². The Hall–Kier alpha value is -0.123. The van der Waals surface area contributed by atoms with Crippen molar-refractivity contribution in [2.24, 2.45) is 11.3 Å². The highest BCUT2D eigenvalue weighted by Crippen LogP contribution is 2.25. The summed E-state index contributed by atoms with van der Waals surface area (Å²) in [6, 6.07) is 0. The second-order valence-electron chi connectivity index (χ2n) is 9.08. The summed E-state index contributed by atoms with van der Waals surface area (Å²) in [5, 5.41) is 0. The van der Waals surface area contributed by atoms with Crippen LogP contribution in [0.1, 0.15) is 98.8 Å². The van der Waals surface area contributed by atoms with Gasteiger partial charge in [-0.1, -0.05) is 86.0 Å². The number of rotatable bonds is 16. The van der Waals surface area contributed by atoms with E-state index in [1.807, 2.05) is 5.70 Å². The Bertz CT molecular complexity index is 324. The molecule has 25 heavy (non-hydrogen) atoms. The van der Waals surface area contributed by atoms with Gasteiger partial charge in [-0.25, -0.2) is 0 Å². The zero-order valence-corrected chi connectivity index (χ0v) is 19.2. The van der Waals surface area contributed by atoms with Crippen LogP contribution in [0.25, 0.3) is 0 Å². The van der Waals surface area contributed by atoms with Crippen LogP contribution in [0, 0.1) is 11.3 Å². The van der Waals surface area contributed by atoms with Gasteiger partial charge in [0, 0.05) is 13.2 Å². The first-order valence-corrected chi connectivity index (χ1v) is 13.0.